The molecule has 0 aliphatic rings. The molecule has 2 aromatic rings. The maximum Gasteiger partial charge on any atom is 0.278 e. The number of likely N-dealkylation sites (N-methyl/N-ethyl adjacent to an activating group) is 2. The van der Waals surface area contributed by atoms with Crippen molar-refractivity contribution < 1.29 is 14.5 Å². The molecule has 0 saturated heterocycles. The fraction of sp³-hybridized carbons (Fsp3) is 0.333. The van der Waals surface area contributed by atoms with Gasteiger partial charge in [0.1, 0.15) is 6.54 Å². The first-order valence-electron chi connectivity index (χ1n) is 8.85. The van der Waals surface area contributed by atoms with Gasteiger partial charge in [-0.15, -0.1) is 0 Å². The van der Waals surface area contributed by atoms with E-state index in [1.54, 1.807) is 11.9 Å². The molecule has 2 atom stereocenters. The van der Waals surface area contributed by atoms with E-state index in [4.69, 9.17) is 0 Å². The highest BCUT2D eigenvalue weighted by Crippen LogP contribution is 2.17. The van der Waals surface area contributed by atoms with Crippen LogP contribution in [0.15, 0.2) is 54.6 Å². The van der Waals surface area contributed by atoms with Crippen molar-refractivity contribution in [2.45, 2.75) is 19.5 Å². The molecule has 0 aliphatic heterocycles. The topological polar surface area (TPSA) is 53.9 Å². The van der Waals surface area contributed by atoms with Gasteiger partial charge in [0, 0.05) is 25.2 Å². The number of carbonyl (C=O) groups is 2. The van der Waals surface area contributed by atoms with Gasteiger partial charge >= 0.3 is 0 Å². The number of rotatable bonds is 7. The highest BCUT2D eigenvalue weighted by molar-refractivity contribution is 5.93. The van der Waals surface area contributed by atoms with E-state index in [2.05, 4.69) is 5.32 Å². The Labute approximate surface area is 155 Å². The van der Waals surface area contributed by atoms with Crippen LogP contribution in [-0.2, 0) is 11.3 Å². The molecule has 2 amide bonds. The van der Waals surface area contributed by atoms with Crippen molar-refractivity contribution in [2.24, 2.45) is 0 Å². The van der Waals surface area contributed by atoms with Crippen LogP contribution < -0.4 is 10.2 Å². The van der Waals surface area contributed by atoms with Crippen LogP contribution in [0.5, 0.6) is 0 Å². The zero-order valence-electron chi connectivity index (χ0n) is 16.0. The first kappa shape index (κ1) is 19.7. The highest BCUT2D eigenvalue weighted by atomic mass is 16.2. The lowest BCUT2D eigenvalue weighted by Crippen LogP contribution is -3.08. The number of nitrogens with one attached hydrogen (secondary N) is 2. The van der Waals surface area contributed by atoms with Crippen molar-refractivity contribution in [1.29, 1.82) is 0 Å². The number of quaternary nitrogens is 1. The summed E-state index contributed by atoms with van der Waals surface area (Å²) < 4.78 is 0. The van der Waals surface area contributed by atoms with E-state index >= 15 is 0 Å². The Balaban J connectivity index is 1.91. The normalized spacial score (nSPS) is 12.9. The summed E-state index contributed by atoms with van der Waals surface area (Å²) in [5.41, 5.74) is 2.87. The van der Waals surface area contributed by atoms with Gasteiger partial charge in [-0.2, -0.15) is 0 Å². The Bertz CT molecular complexity index is 729. The van der Waals surface area contributed by atoms with Gasteiger partial charge in [-0.1, -0.05) is 42.5 Å². The highest BCUT2D eigenvalue weighted by Gasteiger charge is 2.20. The molecule has 1 unspecified atom stereocenters. The molecule has 0 spiro atoms. The van der Waals surface area contributed by atoms with Gasteiger partial charge < -0.3 is 15.1 Å². The zero-order valence-corrected chi connectivity index (χ0v) is 16.0. The molecule has 2 aromatic carbocycles. The van der Waals surface area contributed by atoms with Crippen molar-refractivity contribution in [1.82, 2.24) is 10.2 Å². The van der Waals surface area contributed by atoms with Crippen LogP contribution >= 0.6 is 0 Å². The molecule has 2 N–H and O–H groups in total. The standard InChI is InChI=1S/C21H27N3O2/c1-16(18-8-6-5-7-9-18)24(4)20(25)15-23(3)14-17-10-12-19(13-11-17)21(26)22-2/h5-13,16H,14-15H2,1-4H3,(H,22,26)/p+1/t16-/m1/s1. The van der Waals surface area contributed by atoms with Gasteiger partial charge in [0.25, 0.3) is 11.8 Å². The van der Waals surface area contributed by atoms with E-state index in [-0.39, 0.29) is 17.9 Å². The van der Waals surface area contributed by atoms with E-state index in [9.17, 15) is 9.59 Å². The molecule has 0 saturated carbocycles. The van der Waals surface area contributed by atoms with Crippen molar-refractivity contribution in [3.8, 4) is 0 Å². The molecule has 2 rings (SSSR count). The molecule has 5 heteroatoms. The van der Waals surface area contributed by atoms with Crippen molar-refractivity contribution in [2.75, 3.05) is 27.7 Å². The third-order valence-electron chi connectivity index (χ3n) is 4.66. The zero-order chi connectivity index (χ0) is 19.1. The molecule has 0 aliphatic carbocycles. The summed E-state index contributed by atoms with van der Waals surface area (Å²) in [4.78, 5) is 27.1. The average Bonchev–Trinajstić information content (AvgIpc) is 2.67. The molecule has 0 bridgehead atoms. The third-order valence-corrected chi connectivity index (χ3v) is 4.66. The molecular formula is C21H28N3O2+. The van der Waals surface area contributed by atoms with Crippen LogP contribution in [0, 0.1) is 0 Å². The SMILES string of the molecule is CNC(=O)c1ccc(C[NH+](C)CC(=O)N(C)[C@H](C)c2ccccc2)cc1. The molecule has 0 radical (unpaired) electrons. The van der Waals surface area contributed by atoms with E-state index in [1.165, 1.54) is 0 Å². The van der Waals surface area contributed by atoms with Gasteiger partial charge in [0.15, 0.2) is 6.54 Å². The number of hydrogen-bond donors (Lipinski definition) is 2. The minimum Gasteiger partial charge on any atom is -0.355 e. The fourth-order valence-corrected chi connectivity index (χ4v) is 2.88. The van der Waals surface area contributed by atoms with Gasteiger partial charge in [-0.3, -0.25) is 9.59 Å². The lowest BCUT2D eigenvalue weighted by Gasteiger charge is -2.26. The van der Waals surface area contributed by atoms with Gasteiger partial charge in [-0.05, 0) is 24.6 Å². The fourth-order valence-electron chi connectivity index (χ4n) is 2.88. The lowest BCUT2D eigenvalue weighted by molar-refractivity contribution is -0.885. The first-order valence-corrected chi connectivity index (χ1v) is 8.85. The van der Waals surface area contributed by atoms with E-state index in [1.807, 2.05) is 75.6 Å². The predicted octanol–water partition coefficient (Wildman–Crippen LogP) is 1.28. The summed E-state index contributed by atoms with van der Waals surface area (Å²) >= 11 is 0. The van der Waals surface area contributed by atoms with Crippen LogP contribution in [0.1, 0.15) is 34.5 Å². The van der Waals surface area contributed by atoms with Crippen molar-refractivity contribution >= 4 is 11.8 Å². The number of hydrogen-bond acceptors (Lipinski definition) is 2. The maximum absolute atomic E-state index is 12.6. The van der Waals surface area contributed by atoms with Crippen molar-refractivity contribution in [3.05, 3.63) is 71.3 Å². The average molecular weight is 354 g/mol. The molecule has 26 heavy (non-hydrogen) atoms. The largest absolute Gasteiger partial charge is 0.355 e. The Kier molecular flexibility index (Phi) is 6.92. The van der Waals surface area contributed by atoms with E-state index in [0.29, 0.717) is 12.1 Å². The predicted molar refractivity (Wildman–Crippen MR) is 103 cm³/mol. The summed E-state index contributed by atoms with van der Waals surface area (Å²) in [5, 5.41) is 2.61. The second kappa shape index (κ2) is 9.15. The quantitative estimate of drug-likeness (QED) is 0.787. The Hall–Kier alpha value is -2.66. The molecule has 0 fully saturated rings. The minimum atomic E-state index is -0.0936. The molecule has 0 heterocycles. The molecular weight excluding hydrogens is 326 g/mol. The molecule has 138 valence electrons. The van der Waals surface area contributed by atoms with Gasteiger partial charge in [0.2, 0.25) is 0 Å². The minimum absolute atomic E-state index is 0.0448. The van der Waals surface area contributed by atoms with Gasteiger partial charge in [0.05, 0.1) is 13.1 Å². The van der Waals surface area contributed by atoms with Crippen molar-refractivity contribution in [3.63, 3.8) is 0 Å². The summed E-state index contributed by atoms with van der Waals surface area (Å²) in [5.74, 6) is 0.0183. The smallest absolute Gasteiger partial charge is 0.278 e. The Morgan fingerprint density at radius 1 is 1.08 bits per heavy atom. The van der Waals surface area contributed by atoms with Crippen LogP contribution in [-0.4, -0.2) is 44.4 Å². The second-order valence-corrected chi connectivity index (χ2v) is 6.68. The number of amides is 2. The second-order valence-electron chi connectivity index (χ2n) is 6.68. The van der Waals surface area contributed by atoms with Crippen LogP contribution in [0.2, 0.25) is 0 Å². The molecule has 5 nitrogen and oxygen atoms in total. The Morgan fingerprint density at radius 3 is 2.27 bits per heavy atom. The third kappa shape index (κ3) is 5.17. The van der Waals surface area contributed by atoms with E-state index < -0.39 is 0 Å². The number of benzene rings is 2. The van der Waals surface area contributed by atoms with Crippen LogP contribution in [0.3, 0.4) is 0 Å². The van der Waals surface area contributed by atoms with Gasteiger partial charge in [-0.25, -0.2) is 0 Å². The summed E-state index contributed by atoms with van der Waals surface area (Å²) in [6.07, 6.45) is 0. The van der Waals surface area contributed by atoms with Crippen LogP contribution in [0.4, 0.5) is 0 Å². The number of nitrogens with zero attached hydrogens (tertiary/aromatic N) is 1. The first-order chi connectivity index (χ1) is 12.4. The lowest BCUT2D eigenvalue weighted by atomic mass is 10.1. The van der Waals surface area contributed by atoms with Crippen LogP contribution in [0.25, 0.3) is 0 Å². The van der Waals surface area contributed by atoms with E-state index in [0.717, 1.165) is 22.6 Å². The summed E-state index contributed by atoms with van der Waals surface area (Å²) in [6.45, 7) is 3.19. The maximum atomic E-state index is 12.6. The summed E-state index contributed by atoms with van der Waals surface area (Å²) in [7, 11) is 5.48. The number of carbonyl (C=O) groups excluding carboxylic acids is 2. The Morgan fingerprint density at radius 2 is 1.69 bits per heavy atom. The molecule has 0 aromatic heterocycles. The summed E-state index contributed by atoms with van der Waals surface area (Å²) in [6, 6.07) is 17.6. The monoisotopic (exact) mass is 354 g/mol.